The topological polar surface area (TPSA) is 128 Å². The Kier molecular flexibility index (Phi) is 5.81. The van der Waals surface area contributed by atoms with Crippen molar-refractivity contribution in [2.45, 2.75) is 11.8 Å². The summed E-state index contributed by atoms with van der Waals surface area (Å²) in [5, 5.41) is 10.7. The first-order chi connectivity index (χ1) is 15.4. The smallest absolute Gasteiger partial charge is 0.261 e. The van der Waals surface area contributed by atoms with Crippen LogP contribution in [0, 0.1) is 0 Å². The number of benzene rings is 2. The van der Waals surface area contributed by atoms with Crippen molar-refractivity contribution in [3.05, 3.63) is 79.4 Å². The molecule has 10 nitrogen and oxygen atoms in total. The normalized spacial score (nSPS) is 11.0. The summed E-state index contributed by atoms with van der Waals surface area (Å²) < 4.78 is 35.0. The largest absolute Gasteiger partial charge is 0.438 e. The second-order valence-electron chi connectivity index (χ2n) is 6.64. The molecule has 2 heterocycles. The van der Waals surface area contributed by atoms with E-state index in [1.54, 1.807) is 59.7 Å². The first kappa shape index (κ1) is 21.0. The minimum Gasteiger partial charge on any atom is -0.438 e. The van der Waals surface area contributed by atoms with Crippen molar-refractivity contribution in [3.63, 3.8) is 0 Å². The fourth-order valence-electron chi connectivity index (χ4n) is 2.75. The third kappa shape index (κ3) is 5.08. The second-order valence-corrected chi connectivity index (χ2v) is 8.32. The van der Waals surface area contributed by atoms with Gasteiger partial charge in [-0.25, -0.2) is 13.4 Å². The molecular formula is C21H18N6O4S. The monoisotopic (exact) mass is 450 g/mol. The van der Waals surface area contributed by atoms with Crippen LogP contribution in [0.25, 0.3) is 5.82 Å². The molecule has 32 heavy (non-hydrogen) atoms. The Labute approximate surface area is 184 Å². The van der Waals surface area contributed by atoms with E-state index >= 15 is 0 Å². The zero-order chi connectivity index (χ0) is 22.6. The van der Waals surface area contributed by atoms with Crippen molar-refractivity contribution in [2.24, 2.45) is 0 Å². The molecule has 0 aliphatic heterocycles. The number of amides is 1. The lowest BCUT2D eigenvalue weighted by Gasteiger charge is -2.10. The summed E-state index contributed by atoms with van der Waals surface area (Å²) in [6, 6.07) is 15.7. The SMILES string of the molecule is CC(=O)Nc1ccc(S(=O)(=O)Nc2ccc(Oc3ccc(-n4ccnc4)nn3)cc2)cc1. The third-order valence-electron chi connectivity index (χ3n) is 4.21. The van der Waals surface area contributed by atoms with E-state index in [0.29, 0.717) is 28.8 Å². The number of ether oxygens (including phenoxy) is 1. The summed E-state index contributed by atoms with van der Waals surface area (Å²) in [7, 11) is -3.79. The molecule has 0 bridgehead atoms. The lowest BCUT2D eigenvalue weighted by atomic mass is 10.3. The summed E-state index contributed by atoms with van der Waals surface area (Å²) in [5.74, 6) is 1.13. The standard InChI is InChI=1S/C21H18N6O4S/c1-15(28)23-16-4-8-19(9-5-16)32(29,30)26-17-2-6-18(7-3-17)31-21-11-10-20(24-25-21)27-13-12-22-14-27/h2-14,26H,1H3,(H,23,28). The lowest BCUT2D eigenvalue weighted by Crippen LogP contribution is -2.13. The highest BCUT2D eigenvalue weighted by atomic mass is 32.2. The summed E-state index contributed by atoms with van der Waals surface area (Å²) in [5.41, 5.74) is 0.879. The van der Waals surface area contributed by atoms with Crippen LogP contribution in [0.3, 0.4) is 0 Å². The van der Waals surface area contributed by atoms with Crippen LogP contribution in [-0.4, -0.2) is 34.1 Å². The number of hydrogen-bond donors (Lipinski definition) is 2. The number of carbonyl (C=O) groups is 1. The van der Waals surface area contributed by atoms with Crippen LogP contribution in [0.5, 0.6) is 11.6 Å². The minimum atomic E-state index is -3.79. The minimum absolute atomic E-state index is 0.0696. The number of carbonyl (C=O) groups excluding carboxylic acids is 1. The number of nitrogens with zero attached hydrogens (tertiary/aromatic N) is 4. The number of imidazole rings is 1. The fraction of sp³-hybridized carbons (Fsp3) is 0.0476. The molecule has 0 aliphatic rings. The van der Waals surface area contributed by atoms with E-state index in [1.807, 2.05) is 0 Å². The summed E-state index contributed by atoms with van der Waals surface area (Å²) in [6.07, 6.45) is 5.01. The van der Waals surface area contributed by atoms with E-state index in [2.05, 4.69) is 25.2 Å². The zero-order valence-electron chi connectivity index (χ0n) is 16.8. The van der Waals surface area contributed by atoms with E-state index in [1.165, 1.54) is 31.2 Å². The number of hydrogen-bond acceptors (Lipinski definition) is 7. The van der Waals surface area contributed by atoms with Crippen molar-refractivity contribution in [1.29, 1.82) is 0 Å². The van der Waals surface area contributed by atoms with Crippen LogP contribution in [0.15, 0.2) is 84.3 Å². The zero-order valence-corrected chi connectivity index (χ0v) is 17.7. The molecule has 0 aliphatic carbocycles. The van der Waals surface area contributed by atoms with Crippen molar-refractivity contribution in [2.75, 3.05) is 10.0 Å². The van der Waals surface area contributed by atoms with Crippen LogP contribution in [0.2, 0.25) is 0 Å². The summed E-state index contributed by atoms with van der Waals surface area (Å²) in [4.78, 5) is 15.1. The van der Waals surface area contributed by atoms with Gasteiger partial charge in [-0.1, -0.05) is 0 Å². The van der Waals surface area contributed by atoms with Gasteiger partial charge in [0.15, 0.2) is 5.82 Å². The predicted octanol–water partition coefficient (Wildman–Crippen LogP) is 3.21. The van der Waals surface area contributed by atoms with Gasteiger partial charge < -0.3 is 10.1 Å². The van der Waals surface area contributed by atoms with E-state index in [-0.39, 0.29) is 10.8 Å². The third-order valence-corrected chi connectivity index (χ3v) is 5.61. The van der Waals surface area contributed by atoms with Gasteiger partial charge in [-0.15, -0.1) is 10.2 Å². The number of nitrogens with one attached hydrogen (secondary N) is 2. The highest BCUT2D eigenvalue weighted by molar-refractivity contribution is 7.92. The van der Waals surface area contributed by atoms with E-state index < -0.39 is 10.0 Å². The molecule has 0 unspecified atom stereocenters. The molecular weight excluding hydrogens is 432 g/mol. The molecule has 0 atom stereocenters. The second kappa shape index (κ2) is 8.86. The van der Waals surface area contributed by atoms with Gasteiger partial charge in [0.25, 0.3) is 10.0 Å². The van der Waals surface area contributed by atoms with Crippen LogP contribution < -0.4 is 14.8 Å². The van der Waals surface area contributed by atoms with Gasteiger partial charge in [0.1, 0.15) is 12.1 Å². The molecule has 0 spiro atoms. The average molecular weight is 450 g/mol. The maximum absolute atomic E-state index is 12.6. The molecule has 11 heteroatoms. The molecule has 1 amide bonds. The van der Waals surface area contributed by atoms with Crippen molar-refractivity contribution < 1.29 is 17.9 Å². The van der Waals surface area contributed by atoms with Crippen molar-refractivity contribution in [1.82, 2.24) is 19.7 Å². The van der Waals surface area contributed by atoms with Gasteiger partial charge in [-0.3, -0.25) is 14.1 Å². The Morgan fingerprint density at radius 2 is 1.66 bits per heavy atom. The van der Waals surface area contributed by atoms with Crippen molar-refractivity contribution in [3.8, 4) is 17.4 Å². The molecule has 2 aromatic heterocycles. The van der Waals surface area contributed by atoms with Gasteiger partial charge in [-0.05, 0) is 54.6 Å². The number of anilines is 2. The fourth-order valence-corrected chi connectivity index (χ4v) is 3.80. The molecule has 0 saturated carbocycles. The highest BCUT2D eigenvalue weighted by Crippen LogP contribution is 2.23. The molecule has 4 aromatic rings. The van der Waals surface area contributed by atoms with E-state index in [0.717, 1.165) is 0 Å². The van der Waals surface area contributed by atoms with E-state index in [9.17, 15) is 13.2 Å². The quantitative estimate of drug-likeness (QED) is 0.442. The number of rotatable bonds is 7. The summed E-state index contributed by atoms with van der Waals surface area (Å²) in [6.45, 7) is 1.38. The first-order valence-electron chi connectivity index (χ1n) is 9.39. The van der Waals surface area contributed by atoms with Gasteiger partial charge in [0.05, 0.1) is 4.90 Å². The average Bonchev–Trinajstić information content (AvgIpc) is 3.30. The maximum Gasteiger partial charge on any atom is 0.261 e. The molecule has 0 fully saturated rings. The Bertz CT molecular complexity index is 1300. The van der Waals surface area contributed by atoms with Crippen LogP contribution in [0.1, 0.15) is 6.92 Å². The van der Waals surface area contributed by atoms with Gasteiger partial charge in [-0.2, -0.15) is 0 Å². The maximum atomic E-state index is 12.6. The van der Waals surface area contributed by atoms with Crippen LogP contribution >= 0.6 is 0 Å². The molecule has 2 aromatic carbocycles. The van der Waals surface area contributed by atoms with Gasteiger partial charge in [0.2, 0.25) is 11.8 Å². The van der Waals surface area contributed by atoms with Crippen LogP contribution in [-0.2, 0) is 14.8 Å². The van der Waals surface area contributed by atoms with E-state index in [4.69, 9.17) is 4.74 Å². The molecule has 4 rings (SSSR count). The van der Waals surface area contributed by atoms with Gasteiger partial charge >= 0.3 is 0 Å². The number of aromatic nitrogens is 4. The molecule has 162 valence electrons. The predicted molar refractivity (Wildman–Crippen MR) is 117 cm³/mol. The summed E-state index contributed by atoms with van der Waals surface area (Å²) >= 11 is 0. The molecule has 2 N–H and O–H groups in total. The molecule has 0 radical (unpaired) electrons. The Morgan fingerprint density at radius 1 is 0.938 bits per heavy atom. The lowest BCUT2D eigenvalue weighted by molar-refractivity contribution is -0.114. The molecule has 0 saturated heterocycles. The highest BCUT2D eigenvalue weighted by Gasteiger charge is 2.14. The Balaban J connectivity index is 1.40. The Hall–Kier alpha value is -4.25. The van der Waals surface area contributed by atoms with Crippen LogP contribution in [0.4, 0.5) is 11.4 Å². The first-order valence-corrected chi connectivity index (χ1v) is 10.9. The number of sulfonamides is 1. The Morgan fingerprint density at radius 3 is 2.25 bits per heavy atom. The van der Waals surface area contributed by atoms with Crippen molar-refractivity contribution >= 4 is 27.3 Å². The van der Waals surface area contributed by atoms with Gasteiger partial charge in [0, 0.05) is 36.8 Å².